The minimum absolute atomic E-state index is 0. The largest absolute Gasteiger partial charge is 0.378 e. The van der Waals surface area contributed by atoms with Crippen LogP contribution in [0.25, 0.3) is 0 Å². The van der Waals surface area contributed by atoms with Gasteiger partial charge in [-0.15, -0.1) is 12.4 Å². The summed E-state index contributed by atoms with van der Waals surface area (Å²) in [5.41, 5.74) is 5.85. The van der Waals surface area contributed by atoms with Crippen molar-refractivity contribution in [1.29, 1.82) is 0 Å². The number of hydrogen-bond donors (Lipinski definition) is 1. The standard InChI is InChI=1S/C13H21N3O2.ClH/c14-13(7-3-8-13)12-15-11(18-16-12)6-5-10-4-1-2-9-17-10;/h10H,1-9,14H2;1H. The number of hydrogen-bond acceptors (Lipinski definition) is 5. The van der Waals surface area contributed by atoms with Gasteiger partial charge in [0, 0.05) is 13.0 Å². The van der Waals surface area contributed by atoms with Crippen LogP contribution in [-0.2, 0) is 16.7 Å². The van der Waals surface area contributed by atoms with Gasteiger partial charge in [-0.3, -0.25) is 0 Å². The highest BCUT2D eigenvalue weighted by Crippen LogP contribution is 2.36. The van der Waals surface area contributed by atoms with E-state index >= 15 is 0 Å². The molecule has 0 bridgehead atoms. The van der Waals surface area contributed by atoms with Crippen LogP contribution in [0.3, 0.4) is 0 Å². The fourth-order valence-corrected chi connectivity index (χ4v) is 2.66. The lowest BCUT2D eigenvalue weighted by Gasteiger charge is -2.34. The van der Waals surface area contributed by atoms with Gasteiger partial charge >= 0.3 is 0 Å². The SMILES string of the molecule is Cl.NC1(c2noc(CCC3CCCCO3)n2)CCC1. The van der Waals surface area contributed by atoms with Crippen molar-refractivity contribution < 1.29 is 9.26 Å². The zero-order valence-corrected chi connectivity index (χ0v) is 12.0. The number of ether oxygens (including phenoxy) is 1. The first-order chi connectivity index (χ1) is 8.76. The molecule has 0 amide bonds. The molecular formula is C13H22ClN3O2. The van der Waals surface area contributed by atoms with Gasteiger partial charge in [0.15, 0.2) is 5.82 Å². The van der Waals surface area contributed by atoms with E-state index in [2.05, 4.69) is 10.1 Å². The first kappa shape index (κ1) is 14.8. The lowest BCUT2D eigenvalue weighted by atomic mass is 9.77. The summed E-state index contributed by atoms with van der Waals surface area (Å²) in [6, 6.07) is 0. The van der Waals surface area contributed by atoms with Gasteiger partial charge in [0.1, 0.15) is 0 Å². The van der Waals surface area contributed by atoms with Crippen molar-refractivity contribution in [2.75, 3.05) is 6.61 Å². The quantitative estimate of drug-likeness (QED) is 0.920. The first-order valence-corrected chi connectivity index (χ1v) is 7.00. The zero-order chi connectivity index (χ0) is 12.4. The molecule has 0 spiro atoms. The van der Waals surface area contributed by atoms with Gasteiger partial charge in [-0.25, -0.2) is 0 Å². The van der Waals surface area contributed by atoms with Crippen LogP contribution in [0.1, 0.15) is 56.7 Å². The molecule has 2 aliphatic rings. The maximum atomic E-state index is 6.17. The highest BCUT2D eigenvalue weighted by molar-refractivity contribution is 5.85. The van der Waals surface area contributed by atoms with E-state index in [1.807, 2.05) is 0 Å². The van der Waals surface area contributed by atoms with Crippen LogP contribution in [0.2, 0.25) is 0 Å². The number of rotatable bonds is 4. The van der Waals surface area contributed by atoms with E-state index in [9.17, 15) is 0 Å². The molecule has 1 aromatic heterocycles. The van der Waals surface area contributed by atoms with Gasteiger partial charge in [-0.1, -0.05) is 5.16 Å². The second-order valence-electron chi connectivity index (χ2n) is 5.55. The topological polar surface area (TPSA) is 74.2 Å². The summed E-state index contributed by atoms with van der Waals surface area (Å²) in [5.74, 6) is 1.39. The highest BCUT2D eigenvalue weighted by atomic mass is 35.5. The molecular weight excluding hydrogens is 266 g/mol. The molecule has 2 N–H and O–H groups in total. The predicted molar refractivity (Wildman–Crippen MR) is 73.2 cm³/mol. The number of aryl methyl sites for hydroxylation is 1. The van der Waals surface area contributed by atoms with Gasteiger partial charge in [0.05, 0.1) is 11.6 Å². The van der Waals surface area contributed by atoms with Crippen LogP contribution < -0.4 is 5.73 Å². The average Bonchev–Trinajstić information content (AvgIpc) is 2.84. The zero-order valence-electron chi connectivity index (χ0n) is 11.1. The van der Waals surface area contributed by atoms with Crippen LogP contribution in [-0.4, -0.2) is 22.9 Å². The van der Waals surface area contributed by atoms with Gasteiger partial charge in [-0.2, -0.15) is 4.98 Å². The molecule has 1 aliphatic heterocycles. The van der Waals surface area contributed by atoms with Crippen molar-refractivity contribution in [3.63, 3.8) is 0 Å². The summed E-state index contributed by atoms with van der Waals surface area (Å²) in [6.45, 7) is 0.895. The second kappa shape index (κ2) is 6.20. The summed E-state index contributed by atoms with van der Waals surface area (Å²) in [5, 5.41) is 4.02. The van der Waals surface area contributed by atoms with Crippen molar-refractivity contribution in [1.82, 2.24) is 10.1 Å². The summed E-state index contributed by atoms with van der Waals surface area (Å²) >= 11 is 0. The highest BCUT2D eigenvalue weighted by Gasteiger charge is 2.38. The molecule has 1 aromatic rings. The molecule has 1 saturated heterocycles. The normalized spacial score (nSPS) is 25.4. The number of aromatic nitrogens is 2. The fraction of sp³-hybridized carbons (Fsp3) is 0.846. The molecule has 6 heteroatoms. The van der Waals surface area contributed by atoms with E-state index in [1.165, 1.54) is 12.8 Å². The third-order valence-corrected chi connectivity index (χ3v) is 4.11. The maximum Gasteiger partial charge on any atom is 0.226 e. The van der Waals surface area contributed by atoms with E-state index < -0.39 is 0 Å². The van der Waals surface area contributed by atoms with Gasteiger partial charge < -0.3 is 15.0 Å². The summed E-state index contributed by atoms with van der Waals surface area (Å²) in [4.78, 5) is 4.43. The molecule has 1 saturated carbocycles. The second-order valence-corrected chi connectivity index (χ2v) is 5.55. The Morgan fingerprint density at radius 3 is 2.74 bits per heavy atom. The number of nitrogens with two attached hydrogens (primary N) is 1. The Balaban J connectivity index is 0.00000133. The molecule has 1 aliphatic carbocycles. The van der Waals surface area contributed by atoms with E-state index in [4.69, 9.17) is 15.0 Å². The first-order valence-electron chi connectivity index (χ1n) is 7.00. The molecule has 108 valence electrons. The van der Waals surface area contributed by atoms with Crippen molar-refractivity contribution in [2.45, 2.75) is 63.0 Å². The van der Waals surface area contributed by atoms with Crippen LogP contribution in [0.4, 0.5) is 0 Å². The van der Waals surface area contributed by atoms with Crippen LogP contribution in [0.5, 0.6) is 0 Å². The Bertz CT molecular complexity index is 400. The van der Waals surface area contributed by atoms with E-state index in [1.54, 1.807) is 0 Å². The fourth-order valence-electron chi connectivity index (χ4n) is 2.66. The molecule has 3 rings (SSSR count). The Morgan fingerprint density at radius 1 is 1.26 bits per heavy atom. The Kier molecular flexibility index (Phi) is 4.81. The monoisotopic (exact) mass is 287 g/mol. The maximum absolute atomic E-state index is 6.17. The summed E-state index contributed by atoms with van der Waals surface area (Å²) < 4.78 is 11.0. The van der Waals surface area contributed by atoms with E-state index in [0.717, 1.165) is 45.1 Å². The molecule has 5 nitrogen and oxygen atoms in total. The lowest BCUT2D eigenvalue weighted by Crippen LogP contribution is -2.44. The third-order valence-electron chi connectivity index (χ3n) is 4.11. The van der Waals surface area contributed by atoms with Crippen LogP contribution in [0.15, 0.2) is 4.52 Å². The predicted octanol–water partition coefficient (Wildman–Crippen LogP) is 2.33. The smallest absolute Gasteiger partial charge is 0.226 e. The molecule has 2 fully saturated rings. The molecule has 1 atom stereocenters. The molecule has 1 unspecified atom stereocenters. The van der Waals surface area contributed by atoms with Crippen molar-refractivity contribution in [3.8, 4) is 0 Å². The number of halogens is 1. The van der Waals surface area contributed by atoms with Gasteiger partial charge in [0.2, 0.25) is 5.89 Å². The van der Waals surface area contributed by atoms with Crippen molar-refractivity contribution >= 4 is 12.4 Å². The number of nitrogens with zero attached hydrogens (tertiary/aromatic N) is 2. The average molecular weight is 288 g/mol. The third kappa shape index (κ3) is 3.27. The van der Waals surface area contributed by atoms with Gasteiger partial charge in [-0.05, 0) is 44.9 Å². The van der Waals surface area contributed by atoms with Crippen LogP contribution in [0, 0.1) is 0 Å². The minimum atomic E-state index is -0.316. The Labute approximate surface area is 119 Å². The van der Waals surface area contributed by atoms with Crippen molar-refractivity contribution in [3.05, 3.63) is 11.7 Å². The van der Waals surface area contributed by atoms with E-state index in [-0.39, 0.29) is 17.9 Å². The minimum Gasteiger partial charge on any atom is -0.378 e. The van der Waals surface area contributed by atoms with Crippen LogP contribution >= 0.6 is 12.4 Å². The summed E-state index contributed by atoms with van der Waals surface area (Å²) in [6.07, 6.45) is 8.85. The molecule has 0 radical (unpaired) electrons. The van der Waals surface area contributed by atoms with Gasteiger partial charge in [0.25, 0.3) is 0 Å². The van der Waals surface area contributed by atoms with E-state index in [0.29, 0.717) is 17.8 Å². The summed E-state index contributed by atoms with van der Waals surface area (Å²) in [7, 11) is 0. The Morgan fingerprint density at radius 2 is 2.11 bits per heavy atom. The molecule has 0 aromatic carbocycles. The molecule has 19 heavy (non-hydrogen) atoms. The van der Waals surface area contributed by atoms with Crippen molar-refractivity contribution in [2.24, 2.45) is 5.73 Å². The Hall–Kier alpha value is -0.650. The molecule has 2 heterocycles. The lowest BCUT2D eigenvalue weighted by molar-refractivity contribution is 0.0104.